The van der Waals surface area contributed by atoms with Gasteiger partial charge in [0.2, 0.25) is 0 Å². The highest BCUT2D eigenvalue weighted by molar-refractivity contribution is 4.98. The van der Waals surface area contributed by atoms with Gasteiger partial charge >= 0.3 is 0 Å². The lowest BCUT2D eigenvalue weighted by atomic mass is 9.52. The number of hydrogen-bond donors (Lipinski definition) is 2. The second-order valence-electron chi connectivity index (χ2n) is 13.6. The van der Waals surface area contributed by atoms with Crippen LogP contribution in [0, 0.1) is 10.8 Å². The summed E-state index contributed by atoms with van der Waals surface area (Å²) in [6.45, 7) is 5.39. The molecule has 1 fully saturated rings. The average Bonchev–Trinajstić information content (AvgIpc) is 3.02. The van der Waals surface area contributed by atoms with Gasteiger partial charge < -0.3 is 10.2 Å². The zero-order valence-corrected chi connectivity index (χ0v) is 27.2. The highest BCUT2D eigenvalue weighted by Gasteiger charge is 2.48. The maximum Gasteiger partial charge on any atom is 0.0431 e. The van der Waals surface area contributed by atoms with Crippen LogP contribution in [0.25, 0.3) is 0 Å². The zero-order valence-electron chi connectivity index (χ0n) is 27.2. The molecular weight excluding hydrogens is 476 g/mol. The van der Waals surface area contributed by atoms with Crippen LogP contribution in [0.1, 0.15) is 213 Å². The third kappa shape index (κ3) is 16.2. The maximum atomic E-state index is 9.37. The quantitative estimate of drug-likeness (QED) is 0.105. The molecule has 0 radical (unpaired) electrons. The van der Waals surface area contributed by atoms with Gasteiger partial charge in [-0.1, -0.05) is 162 Å². The second kappa shape index (κ2) is 25.6. The van der Waals surface area contributed by atoms with E-state index in [-0.39, 0.29) is 0 Å². The topological polar surface area (TPSA) is 40.5 Å². The smallest absolute Gasteiger partial charge is 0.0431 e. The highest BCUT2D eigenvalue weighted by atomic mass is 16.3. The van der Waals surface area contributed by atoms with E-state index in [1.807, 2.05) is 0 Å². The number of unbranched alkanes of at least 4 members (excludes halogenated alkanes) is 16. The van der Waals surface area contributed by atoms with Crippen LogP contribution in [0.2, 0.25) is 0 Å². The first-order valence-corrected chi connectivity index (χ1v) is 18.4. The van der Waals surface area contributed by atoms with Gasteiger partial charge in [-0.3, -0.25) is 0 Å². The summed E-state index contributed by atoms with van der Waals surface area (Å²) in [5.74, 6) is 0. The van der Waals surface area contributed by atoms with Crippen LogP contribution in [0.3, 0.4) is 0 Å². The van der Waals surface area contributed by atoms with Crippen molar-refractivity contribution in [3.05, 3.63) is 0 Å². The van der Waals surface area contributed by atoms with Crippen LogP contribution in [-0.2, 0) is 0 Å². The van der Waals surface area contributed by atoms with E-state index in [1.165, 1.54) is 186 Å². The van der Waals surface area contributed by atoms with Crippen molar-refractivity contribution < 1.29 is 10.2 Å². The van der Waals surface area contributed by atoms with Crippen molar-refractivity contribution in [3.8, 4) is 0 Å². The van der Waals surface area contributed by atoms with E-state index in [4.69, 9.17) is 0 Å². The first-order chi connectivity index (χ1) is 19.2. The molecule has 0 heterocycles. The monoisotopic (exact) mass is 551 g/mol. The van der Waals surface area contributed by atoms with Crippen LogP contribution in [0.5, 0.6) is 0 Å². The predicted octanol–water partition coefficient (Wildman–Crippen LogP) is 12.1. The Kier molecular flexibility index (Phi) is 24.3. The molecule has 0 unspecified atom stereocenters. The van der Waals surface area contributed by atoms with E-state index in [2.05, 4.69) is 13.8 Å². The zero-order chi connectivity index (χ0) is 28.3. The Morgan fingerprint density at radius 3 is 0.974 bits per heavy atom. The minimum absolute atomic E-state index is 0.357. The molecule has 2 N–H and O–H groups in total. The normalized spacial score (nSPS) is 17.5. The van der Waals surface area contributed by atoms with E-state index < -0.39 is 0 Å². The van der Waals surface area contributed by atoms with Gasteiger partial charge in [-0.25, -0.2) is 0 Å². The lowest BCUT2D eigenvalue weighted by Gasteiger charge is -2.53. The molecule has 0 saturated heterocycles. The Morgan fingerprint density at radius 1 is 0.359 bits per heavy atom. The molecule has 1 rings (SSSR count). The third-order valence-corrected chi connectivity index (χ3v) is 10.6. The Labute approximate surface area is 246 Å². The van der Waals surface area contributed by atoms with E-state index in [1.54, 1.807) is 0 Å². The first-order valence-electron chi connectivity index (χ1n) is 18.4. The fraction of sp³-hybridized carbons (Fsp3) is 1.00. The van der Waals surface area contributed by atoms with Crippen molar-refractivity contribution in [2.75, 3.05) is 13.2 Å². The lowest BCUT2D eigenvalue weighted by Crippen LogP contribution is -2.43. The predicted molar refractivity (Wildman–Crippen MR) is 174 cm³/mol. The summed E-state index contributed by atoms with van der Waals surface area (Å²) in [5.41, 5.74) is 1.06. The molecule has 0 aromatic heterocycles. The number of aliphatic hydroxyl groups is 2. The van der Waals surface area contributed by atoms with Crippen molar-refractivity contribution in [1.29, 1.82) is 0 Å². The average molecular weight is 551 g/mol. The van der Waals surface area contributed by atoms with E-state index in [0.29, 0.717) is 24.0 Å². The highest BCUT2D eigenvalue weighted by Crippen LogP contribution is 2.59. The van der Waals surface area contributed by atoms with Crippen molar-refractivity contribution in [1.82, 2.24) is 0 Å². The Bertz CT molecular complexity index is 472. The van der Waals surface area contributed by atoms with Crippen molar-refractivity contribution >= 4 is 0 Å². The van der Waals surface area contributed by atoms with Crippen LogP contribution >= 0.6 is 0 Å². The maximum absolute atomic E-state index is 9.37. The summed E-state index contributed by atoms with van der Waals surface area (Å²) in [7, 11) is 0. The summed E-state index contributed by atoms with van der Waals surface area (Å²) < 4.78 is 0. The van der Waals surface area contributed by atoms with Gasteiger partial charge in [0.05, 0.1) is 0 Å². The van der Waals surface area contributed by atoms with Crippen molar-refractivity contribution in [2.24, 2.45) is 10.8 Å². The van der Waals surface area contributed by atoms with Crippen LogP contribution in [0.15, 0.2) is 0 Å². The lowest BCUT2D eigenvalue weighted by molar-refractivity contribution is -0.0285. The number of aliphatic hydroxyl groups excluding tert-OH is 2. The molecule has 39 heavy (non-hydrogen) atoms. The van der Waals surface area contributed by atoms with Crippen LogP contribution in [-0.4, -0.2) is 23.4 Å². The largest absolute Gasteiger partial charge is 0.396 e. The minimum Gasteiger partial charge on any atom is -0.396 e. The molecule has 1 saturated carbocycles. The van der Waals surface area contributed by atoms with E-state index in [0.717, 1.165) is 12.8 Å². The summed E-state index contributed by atoms with van der Waals surface area (Å²) in [5, 5.41) is 18.7. The van der Waals surface area contributed by atoms with Crippen LogP contribution < -0.4 is 0 Å². The summed E-state index contributed by atoms with van der Waals surface area (Å²) >= 11 is 0. The fourth-order valence-corrected chi connectivity index (χ4v) is 8.14. The molecule has 0 bridgehead atoms. The molecule has 1 aliphatic carbocycles. The Morgan fingerprint density at radius 2 is 0.641 bits per heavy atom. The molecule has 0 amide bonds. The fourth-order valence-electron chi connectivity index (χ4n) is 8.14. The molecule has 234 valence electrons. The van der Waals surface area contributed by atoms with Gasteiger partial charge in [0.15, 0.2) is 0 Å². The molecule has 2 heteroatoms. The molecule has 2 nitrogen and oxygen atoms in total. The standard InChI is InChI=1S/C37H74O2/c1-3-5-7-9-12-20-28-36(29-21-13-10-8-6-4-2)30-22-14-11-15-23-31-37(36,32-24-16-18-26-34-38)33-25-17-19-27-35-39/h38-39H,3-35H2,1-2H3. The number of hydrogen-bond acceptors (Lipinski definition) is 2. The van der Waals surface area contributed by atoms with E-state index >= 15 is 0 Å². The second-order valence-corrected chi connectivity index (χ2v) is 13.6. The molecule has 0 aromatic rings. The molecule has 0 aromatic carbocycles. The SMILES string of the molecule is CCCCCCCCC1(CCCCCCCC)CCCCCCCC1(CCCCCCO)CCCCCCO. The first kappa shape index (κ1) is 36.9. The van der Waals surface area contributed by atoms with E-state index in [9.17, 15) is 10.2 Å². The van der Waals surface area contributed by atoms with Crippen molar-refractivity contribution in [2.45, 2.75) is 213 Å². The summed E-state index contributed by atoms with van der Waals surface area (Å²) in [6.07, 6.45) is 42.8. The van der Waals surface area contributed by atoms with Gasteiger partial charge in [0, 0.05) is 13.2 Å². The van der Waals surface area contributed by atoms with Gasteiger partial charge in [-0.2, -0.15) is 0 Å². The minimum atomic E-state index is 0.357. The van der Waals surface area contributed by atoms with Crippen LogP contribution in [0.4, 0.5) is 0 Å². The summed E-state index contributed by atoms with van der Waals surface area (Å²) in [4.78, 5) is 0. The molecule has 0 aliphatic heterocycles. The van der Waals surface area contributed by atoms with Gasteiger partial charge in [0.1, 0.15) is 0 Å². The van der Waals surface area contributed by atoms with Gasteiger partial charge in [-0.05, 0) is 62.2 Å². The molecule has 0 spiro atoms. The number of rotatable bonds is 26. The van der Waals surface area contributed by atoms with Gasteiger partial charge in [-0.15, -0.1) is 0 Å². The Balaban J connectivity index is 3.17. The molecule has 0 atom stereocenters. The Hall–Kier alpha value is -0.0800. The van der Waals surface area contributed by atoms with Crippen molar-refractivity contribution in [3.63, 3.8) is 0 Å². The molecular formula is C37H74O2. The van der Waals surface area contributed by atoms with Gasteiger partial charge in [0.25, 0.3) is 0 Å². The summed E-state index contributed by atoms with van der Waals surface area (Å²) in [6, 6.07) is 0. The third-order valence-electron chi connectivity index (χ3n) is 10.6. The molecule has 1 aliphatic rings.